The average Bonchev–Trinajstić information content (AvgIpc) is 2.73. The van der Waals surface area contributed by atoms with Crippen molar-refractivity contribution in [2.24, 2.45) is 0 Å². The minimum Gasteiger partial charge on any atom is -0.384 e. The first-order chi connectivity index (χ1) is 8.47. The van der Waals surface area contributed by atoms with Gasteiger partial charge >= 0.3 is 0 Å². The Bertz CT molecular complexity index is 650. The number of aryl methyl sites for hydroxylation is 1. The number of hydrogen-bond donors (Lipinski definition) is 2. The zero-order chi connectivity index (χ0) is 13.2. The van der Waals surface area contributed by atoms with Gasteiger partial charge in [-0.15, -0.1) is 11.3 Å². The number of aromatic nitrogens is 1. The first-order valence-electron chi connectivity index (χ1n) is 5.24. The molecule has 0 aliphatic heterocycles. The molecule has 0 unspecified atom stereocenters. The number of sulfonamides is 1. The SMILES string of the molecule is Cc1ccc(CNS(=O)(=O)c2ccnc(N)c2)s1. The van der Waals surface area contributed by atoms with Crippen LogP contribution in [0.5, 0.6) is 0 Å². The predicted octanol–water partition coefficient (Wildman–Crippen LogP) is 1.51. The van der Waals surface area contributed by atoms with Gasteiger partial charge in [-0.3, -0.25) is 0 Å². The van der Waals surface area contributed by atoms with Crippen LogP contribution in [0, 0.1) is 6.92 Å². The standard InChI is InChI=1S/C11H13N3O2S2/c1-8-2-3-9(17-8)7-14-18(15,16)10-4-5-13-11(12)6-10/h2-6,14H,7H2,1H3,(H2,12,13). The number of pyridine rings is 1. The summed E-state index contributed by atoms with van der Waals surface area (Å²) >= 11 is 1.56. The topological polar surface area (TPSA) is 85.1 Å². The largest absolute Gasteiger partial charge is 0.384 e. The maximum Gasteiger partial charge on any atom is 0.241 e. The summed E-state index contributed by atoms with van der Waals surface area (Å²) in [6.45, 7) is 2.26. The van der Waals surface area contributed by atoms with Crippen LogP contribution in [0.25, 0.3) is 0 Å². The summed E-state index contributed by atoms with van der Waals surface area (Å²) in [4.78, 5) is 6.01. The van der Waals surface area contributed by atoms with Crippen molar-refractivity contribution in [2.75, 3.05) is 5.73 Å². The second-order valence-electron chi connectivity index (χ2n) is 3.75. The molecule has 0 spiro atoms. The second kappa shape index (κ2) is 5.05. The van der Waals surface area contributed by atoms with Crippen molar-refractivity contribution in [1.29, 1.82) is 0 Å². The van der Waals surface area contributed by atoms with Crippen LogP contribution in [0.1, 0.15) is 9.75 Å². The highest BCUT2D eigenvalue weighted by atomic mass is 32.2. The lowest BCUT2D eigenvalue weighted by molar-refractivity contribution is 0.581. The van der Waals surface area contributed by atoms with Crippen molar-refractivity contribution in [3.63, 3.8) is 0 Å². The molecule has 0 bridgehead atoms. The minimum atomic E-state index is -3.54. The first kappa shape index (κ1) is 13.0. The number of nitrogen functional groups attached to an aromatic ring is 1. The minimum absolute atomic E-state index is 0.128. The van der Waals surface area contributed by atoms with E-state index >= 15 is 0 Å². The summed E-state index contributed by atoms with van der Waals surface area (Å²) in [5.74, 6) is 0.185. The van der Waals surface area contributed by atoms with E-state index in [-0.39, 0.29) is 17.3 Å². The van der Waals surface area contributed by atoms with Gasteiger partial charge in [-0.05, 0) is 25.1 Å². The molecule has 5 nitrogen and oxygen atoms in total. The van der Waals surface area contributed by atoms with Gasteiger partial charge in [-0.25, -0.2) is 18.1 Å². The number of nitrogens with one attached hydrogen (secondary N) is 1. The van der Waals surface area contributed by atoms with E-state index < -0.39 is 10.0 Å². The lowest BCUT2D eigenvalue weighted by Crippen LogP contribution is -2.23. The summed E-state index contributed by atoms with van der Waals surface area (Å²) in [6.07, 6.45) is 1.37. The molecule has 18 heavy (non-hydrogen) atoms. The molecule has 0 aliphatic rings. The van der Waals surface area contributed by atoms with Crippen molar-refractivity contribution >= 4 is 27.2 Å². The highest BCUT2D eigenvalue weighted by Gasteiger charge is 2.14. The van der Waals surface area contributed by atoms with Crippen molar-refractivity contribution in [3.8, 4) is 0 Å². The van der Waals surface area contributed by atoms with Gasteiger partial charge in [0.15, 0.2) is 0 Å². The Labute approximate surface area is 110 Å². The Balaban J connectivity index is 2.13. The molecule has 0 fully saturated rings. The first-order valence-corrected chi connectivity index (χ1v) is 7.54. The number of anilines is 1. The zero-order valence-electron chi connectivity index (χ0n) is 9.75. The van der Waals surface area contributed by atoms with Gasteiger partial charge in [-0.2, -0.15) is 0 Å². The number of nitrogens with zero attached hydrogens (tertiary/aromatic N) is 1. The smallest absolute Gasteiger partial charge is 0.241 e. The van der Waals surface area contributed by atoms with Crippen molar-refractivity contribution in [3.05, 3.63) is 40.2 Å². The monoisotopic (exact) mass is 283 g/mol. The van der Waals surface area contributed by atoms with E-state index in [0.717, 1.165) is 9.75 Å². The molecule has 96 valence electrons. The summed E-state index contributed by atoms with van der Waals surface area (Å²) in [7, 11) is -3.54. The van der Waals surface area contributed by atoms with Crippen LogP contribution >= 0.6 is 11.3 Å². The number of nitrogens with two attached hydrogens (primary N) is 1. The van der Waals surface area contributed by atoms with Crippen LogP contribution < -0.4 is 10.5 Å². The molecule has 0 aromatic carbocycles. The molecule has 7 heteroatoms. The Morgan fingerprint density at radius 3 is 2.78 bits per heavy atom. The molecule has 0 radical (unpaired) electrons. The lowest BCUT2D eigenvalue weighted by atomic mass is 10.4. The number of hydrogen-bond acceptors (Lipinski definition) is 5. The molecule has 2 heterocycles. The molecule has 0 saturated carbocycles. The molecule has 2 rings (SSSR count). The zero-order valence-corrected chi connectivity index (χ0v) is 11.4. The third-order valence-corrected chi connectivity index (χ3v) is 4.69. The summed E-state index contributed by atoms with van der Waals surface area (Å²) in [5.41, 5.74) is 5.46. The van der Waals surface area contributed by atoms with E-state index in [2.05, 4.69) is 9.71 Å². The molecule has 2 aromatic rings. The molecule has 0 amide bonds. The van der Waals surface area contributed by atoms with Gasteiger partial charge in [0.05, 0.1) is 4.90 Å². The lowest BCUT2D eigenvalue weighted by Gasteiger charge is -2.05. The second-order valence-corrected chi connectivity index (χ2v) is 6.89. The van der Waals surface area contributed by atoms with Crippen LogP contribution in [-0.2, 0) is 16.6 Å². The highest BCUT2D eigenvalue weighted by Crippen LogP contribution is 2.16. The molecule has 0 atom stereocenters. The van der Waals surface area contributed by atoms with E-state index in [0.29, 0.717) is 0 Å². The Morgan fingerprint density at radius 2 is 2.17 bits per heavy atom. The molecular weight excluding hydrogens is 270 g/mol. The molecular formula is C11H13N3O2S2. The van der Waals surface area contributed by atoms with Gasteiger partial charge in [0.25, 0.3) is 0 Å². The fourth-order valence-corrected chi connectivity index (χ4v) is 3.37. The van der Waals surface area contributed by atoms with Crippen LogP contribution in [0.15, 0.2) is 35.4 Å². The third kappa shape index (κ3) is 3.06. The molecule has 2 aromatic heterocycles. The van der Waals surface area contributed by atoms with E-state index in [1.165, 1.54) is 18.3 Å². The summed E-state index contributed by atoms with van der Waals surface area (Å²) < 4.78 is 26.5. The Morgan fingerprint density at radius 1 is 1.39 bits per heavy atom. The highest BCUT2D eigenvalue weighted by molar-refractivity contribution is 7.89. The van der Waals surface area contributed by atoms with Crippen molar-refractivity contribution < 1.29 is 8.42 Å². The van der Waals surface area contributed by atoms with Crippen molar-refractivity contribution in [1.82, 2.24) is 9.71 Å². The third-order valence-electron chi connectivity index (χ3n) is 2.30. The Hall–Kier alpha value is -1.44. The summed E-state index contributed by atoms with van der Waals surface area (Å²) in [6, 6.07) is 6.61. The molecule has 3 N–H and O–H groups in total. The van der Waals surface area contributed by atoms with Gasteiger partial charge in [0.2, 0.25) is 10.0 Å². The van der Waals surface area contributed by atoms with Gasteiger partial charge in [-0.1, -0.05) is 0 Å². The van der Waals surface area contributed by atoms with Gasteiger partial charge in [0, 0.05) is 28.6 Å². The van der Waals surface area contributed by atoms with Crippen LogP contribution in [0.3, 0.4) is 0 Å². The van der Waals surface area contributed by atoms with E-state index in [4.69, 9.17) is 5.73 Å². The van der Waals surface area contributed by atoms with Crippen molar-refractivity contribution in [2.45, 2.75) is 18.4 Å². The van der Waals surface area contributed by atoms with Crippen LogP contribution in [0.2, 0.25) is 0 Å². The van der Waals surface area contributed by atoms with E-state index in [1.807, 2.05) is 19.1 Å². The average molecular weight is 283 g/mol. The fraction of sp³-hybridized carbons (Fsp3) is 0.182. The van der Waals surface area contributed by atoms with Gasteiger partial charge in [0.1, 0.15) is 5.82 Å². The van der Waals surface area contributed by atoms with Gasteiger partial charge < -0.3 is 5.73 Å². The molecule has 0 saturated heterocycles. The van der Waals surface area contributed by atoms with Crippen LogP contribution in [-0.4, -0.2) is 13.4 Å². The molecule has 0 aliphatic carbocycles. The number of rotatable bonds is 4. The maximum absolute atomic E-state index is 12.0. The Kier molecular flexibility index (Phi) is 3.65. The quantitative estimate of drug-likeness (QED) is 0.890. The predicted molar refractivity (Wildman–Crippen MR) is 71.7 cm³/mol. The summed E-state index contributed by atoms with van der Waals surface area (Å²) in [5, 5.41) is 0. The normalized spacial score (nSPS) is 11.6. The van der Waals surface area contributed by atoms with E-state index in [1.54, 1.807) is 11.3 Å². The fourth-order valence-electron chi connectivity index (χ4n) is 1.42. The maximum atomic E-state index is 12.0. The van der Waals surface area contributed by atoms with E-state index in [9.17, 15) is 8.42 Å². The van der Waals surface area contributed by atoms with Crippen LogP contribution in [0.4, 0.5) is 5.82 Å². The number of thiophene rings is 1.